The van der Waals surface area contributed by atoms with E-state index in [0.717, 1.165) is 13.1 Å². The molecule has 7 unspecified atom stereocenters. The summed E-state index contributed by atoms with van der Waals surface area (Å²) in [4.78, 5) is 16.8. The van der Waals surface area contributed by atoms with Crippen molar-refractivity contribution in [2.24, 2.45) is 22.6 Å². The Morgan fingerprint density at radius 1 is 1.48 bits per heavy atom. The van der Waals surface area contributed by atoms with Gasteiger partial charge in [0.2, 0.25) is 5.91 Å². The van der Waals surface area contributed by atoms with Crippen LogP contribution in [0.5, 0.6) is 0 Å². The zero-order valence-corrected chi connectivity index (χ0v) is 15.2. The van der Waals surface area contributed by atoms with E-state index in [4.69, 9.17) is 22.1 Å². The van der Waals surface area contributed by atoms with Crippen molar-refractivity contribution in [3.05, 3.63) is 0 Å². The summed E-state index contributed by atoms with van der Waals surface area (Å²) in [6.45, 7) is 6.39. The standard InChI is InChI=1S/C15H28ClN7O2/c1-18-4-8-5-20-14-12(13(17)22-23(14)7-8)15(24)21-9-6-19-11(16)3-10(9)25-2/h8-14,19-20,22H,1,3-7,17H2,2H3,(H,21,24). The molecular formula is C15H28ClN7O2. The molecule has 3 rings (SSSR count). The molecule has 3 saturated heterocycles. The van der Waals surface area contributed by atoms with Gasteiger partial charge in [0, 0.05) is 45.6 Å². The van der Waals surface area contributed by atoms with E-state index in [1.807, 2.05) is 5.01 Å². The molecule has 3 aliphatic heterocycles. The van der Waals surface area contributed by atoms with Crippen molar-refractivity contribution in [2.45, 2.75) is 36.4 Å². The van der Waals surface area contributed by atoms with Gasteiger partial charge in [-0.05, 0) is 6.72 Å². The van der Waals surface area contributed by atoms with Crippen LogP contribution in [0.15, 0.2) is 4.99 Å². The van der Waals surface area contributed by atoms with Gasteiger partial charge in [-0.3, -0.25) is 15.4 Å². The number of hydrogen-bond donors (Lipinski definition) is 5. The number of nitrogens with one attached hydrogen (secondary N) is 4. The van der Waals surface area contributed by atoms with Gasteiger partial charge in [-0.25, -0.2) is 10.4 Å². The summed E-state index contributed by atoms with van der Waals surface area (Å²) in [7, 11) is 1.64. The third-order valence-electron chi connectivity index (χ3n) is 5.22. The Hall–Kier alpha value is -0.810. The van der Waals surface area contributed by atoms with Gasteiger partial charge in [0.05, 0.1) is 35.9 Å². The number of alkyl halides is 1. The highest BCUT2D eigenvalue weighted by molar-refractivity contribution is 6.20. The maximum atomic E-state index is 12.9. The fraction of sp³-hybridized carbons (Fsp3) is 0.867. The fourth-order valence-electron chi connectivity index (χ4n) is 3.91. The quantitative estimate of drug-likeness (QED) is 0.215. The van der Waals surface area contributed by atoms with Crippen molar-refractivity contribution in [1.82, 2.24) is 26.4 Å². The van der Waals surface area contributed by atoms with E-state index in [1.54, 1.807) is 7.11 Å². The highest BCUT2D eigenvalue weighted by Gasteiger charge is 2.47. The van der Waals surface area contributed by atoms with Gasteiger partial charge in [-0.2, -0.15) is 0 Å². The first-order valence-corrected chi connectivity index (χ1v) is 9.12. The molecule has 25 heavy (non-hydrogen) atoms. The molecule has 0 aromatic carbocycles. The first-order valence-electron chi connectivity index (χ1n) is 8.68. The van der Waals surface area contributed by atoms with E-state index >= 15 is 0 Å². The number of amides is 1. The molecule has 3 aliphatic rings. The maximum absolute atomic E-state index is 12.9. The topological polar surface area (TPSA) is 116 Å². The highest BCUT2D eigenvalue weighted by Crippen LogP contribution is 2.24. The predicted octanol–water partition coefficient (Wildman–Crippen LogP) is -1.99. The smallest absolute Gasteiger partial charge is 0.229 e. The lowest BCUT2D eigenvalue weighted by atomic mass is 9.97. The van der Waals surface area contributed by atoms with Crippen molar-refractivity contribution < 1.29 is 9.53 Å². The molecule has 6 N–H and O–H groups in total. The SMILES string of the molecule is C=NCC1CNC2C(C(=O)NC3CNC(Cl)CC3OC)C(N)NN2C1. The number of carbonyl (C=O) groups excluding carboxylic acids is 1. The van der Waals surface area contributed by atoms with Crippen molar-refractivity contribution >= 4 is 24.2 Å². The minimum Gasteiger partial charge on any atom is -0.379 e. The average Bonchev–Trinajstić information content (AvgIpc) is 2.91. The summed E-state index contributed by atoms with van der Waals surface area (Å²) >= 11 is 6.11. The Morgan fingerprint density at radius 2 is 2.28 bits per heavy atom. The van der Waals surface area contributed by atoms with Gasteiger partial charge in [-0.15, -0.1) is 11.6 Å². The van der Waals surface area contributed by atoms with Crippen LogP contribution in [0.3, 0.4) is 0 Å². The molecule has 9 nitrogen and oxygen atoms in total. The molecule has 7 atom stereocenters. The normalized spacial score (nSPS) is 42.0. The van der Waals surface area contributed by atoms with E-state index in [1.165, 1.54) is 0 Å². The van der Waals surface area contributed by atoms with Gasteiger partial charge >= 0.3 is 0 Å². The average molecular weight is 374 g/mol. The zero-order valence-electron chi connectivity index (χ0n) is 14.5. The van der Waals surface area contributed by atoms with Gasteiger partial charge in [-0.1, -0.05) is 0 Å². The zero-order chi connectivity index (χ0) is 18.0. The van der Waals surface area contributed by atoms with Crippen LogP contribution >= 0.6 is 11.6 Å². The van der Waals surface area contributed by atoms with Gasteiger partial charge in [0.25, 0.3) is 0 Å². The van der Waals surface area contributed by atoms with Crippen LogP contribution in [-0.4, -0.2) is 80.9 Å². The number of nitrogens with two attached hydrogens (primary N) is 1. The number of piperidine rings is 1. The first kappa shape index (κ1) is 19.0. The minimum atomic E-state index is -0.439. The summed E-state index contributed by atoms with van der Waals surface area (Å²) in [5, 5.41) is 11.7. The largest absolute Gasteiger partial charge is 0.379 e. The molecule has 1 amide bonds. The second-order valence-corrected chi connectivity index (χ2v) is 7.49. The molecule has 0 saturated carbocycles. The lowest BCUT2D eigenvalue weighted by Crippen LogP contribution is -2.61. The number of carbonyl (C=O) groups is 1. The Morgan fingerprint density at radius 3 is 3.00 bits per heavy atom. The number of aliphatic imine (C=N–C) groups is 1. The van der Waals surface area contributed by atoms with Crippen molar-refractivity contribution in [1.29, 1.82) is 0 Å². The summed E-state index contributed by atoms with van der Waals surface area (Å²) in [6.07, 6.45) is -0.0421. The summed E-state index contributed by atoms with van der Waals surface area (Å²) in [6, 6.07) is -0.130. The van der Waals surface area contributed by atoms with Gasteiger partial charge in [0.15, 0.2) is 0 Å². The summed E-state index contributed by atoms with van der Waals surface area (Å²) in [5.41, 5.74) is 9.26. The molecule has 3 fully saturated rings. The first-order chi connectivity index (χ1) is 12.0. The Labute approximate surface area is 153 Å². The van der Waals surface area contributed by atoms with E-state index in [2.05, 4.69) is 33.1 Å². The molecule has 0 spiro atoms. The lowest BCUT2D eigenvalue weighted by molar-refractivity contribution is -0.128. The highest BCUT2D eigenvalue weighted by atomic mass is 35.5. The third-order valence-corrected chi connectivity index (χ3v) is 5.55. The molecule has 0 bridgehead atoms. The number of ether oxygens (including phenoxy) is 1. The van der Waals surface area contributed by atoms with Crippen LogP contribution in [0.1, 0.15) is 6.42 Å². The molecule has 0 radical (unpaired) electrons. The summed E-state index contributed by atoms with van der Waals surface area (Å²) in [5.74, 6) is -0.109. The fourth-order valence-corrected chi connectivity index (χ4v) is 4.17. The number of hydrazine groups is 1. The monoisotopic (exact) mass is 373 g/mol. The molecule has 0 aromatic heterocycles. The van der Waals surface area contributed by atoms with Crippen LogP contribution < -0.4 is 27.1 Å². The number of hydrogen-bond acceptors (Lipinski definition) is 8. The number of nitrogens with zero attached hydrogens (tertiary/aromatic N) is 2. The van der Waals surface area contributed by atoms with Gasteiger partial charge < -0.3 is 20.8 Å². The van der Waals surface area contributed by atoms with Crippen LogP contribution in [-0.2, 0) is 9.53 Å². The van der Waals surface area contributed by atoms with Crippen molar-refractivity contribution in [3.63, 3.8) is 0 Å². The Kier molecular flexibility index (Phi) is 6.26. The molecule has 0 aromatic rings. The number of fused-ring (bicyclic) bond motifs is 1. The second-order valence-electron chi connectivity index (χ2n) is 6.96. The summed E-state index contributed by atoms with van der Waals surface area (Å²) < 4.78 is 5.48. The van der Waals surface area contributed by atoms with E-state index < -0.39 is 6.17 Å². The van der Waals surface area contributed by atoms with E-state index in [9.17, 15) is 4.79 Å². The predicted molar refractivity (Wildman–Crippen MR) is 96.0 cm³/mol. The van der Waals surface area contributed by atoms with Crippen LogP contribution in [0.2, 0.25) is 0 Å². The van der Waals surface area contributed by atoms with Crippen molar-refractivity contribution in [2.75, 3.05) is 33.3 Å². The van der Waals surface area contributed by atoms with Crippen molar-refractivity contribution in [3.8, 4) is 0 Å². The molecule has 142 valence electrons. The van der Waals surface area contributed by atoms with Crippen LogP contribution in [0, 0.1) is 11.8 Å². The third kappa shape index (κ3) is 4.13. The van der Waals surface area contributed by atoms with Crippen LogP contribution in [0.25, 0.3) is 0 Å². The minimum absolute atomic E-state index is 0.0813. The number of methoxy groups -OCH3 is 1. The van der Waals surface area contributed by atoms with Gasteiger partial charge in [0.1, 0.15) is 0 Å². The lowest BCUT2D eigenvalue weighted by Gasteiger charge is -2.37. The number of halogens is 1. The van der Waals surface area contributed by atoms with Crippen LogP contribution in [0.4, 0.5) is 0 Å². The Balaban J connectivity index is 1.61. The molecule has 10 heteroatoms. The molecule has 0 aliphatic carbocycles. The van der Waals surface area contributed by atoms with E-state index in [-0.39, 0.29) is 35.6 Å². The molecular weight excluding hydrogens is 346 g/mol. The maximum Gasteiger partial charge on any atom is 0.229 e. The Bertz CT molecular complexity index is 497. The second kappa shape index (κ2) is 8.26. The van der Waals surface area contributed by atoms with E-state index in [0.29, 0.717) is 25.4 Å². The molecule has 3 heterocycles. The number of rotatable bonds is 5.